The molecule has 0 spiro atoms. The van der Waals surface area contributed by atoms with Gasteiger partial charge in [-0.3, -0.25) is 4.79 Å². The number of anilines is 1. The van der Waals surface area contributed by atoms with Crippen molar-refractivity contribution < 1.29 is 9.53 Å². The first-order chi connectivity index (χ1) is 9.69. The lowest BCUT2D eigenvalue weighted by molar-refractivity contribution is 0.0965. The topological polar surface area (TPSA) is 52.3 Å². The maximum Gasteiger partial charge on any atom is 0.166 e. The number of nitrogen functional groups attached to an aromatic ring is 1. The van der Waals surface area contributed by atoms with Crippen LogP contribution >= 0.6 is 0 Å². The number of nitrogens with two attached hydrogens (primary N) is 1. The van der Waals surface area contributed by atoms with E-state index >= 15 is 0 Å². The molecule has 2 N–H and O–H groups in total. The lowest BCUT2D eigenvalue weighted by Gasteiger charge is -2.03. The second-order valence-electron chi connectivity index (χ2n) is 5.21. The molecule has 3 nitrogen and oxygen atoms in total. The molecule has 0 bridgehead atoms. The minimum atomic E-state index is 0.104. The van der Waals surface area contributed by atoms with Gasteiger partial charge in [-0.15, -0.1) is 0 Å². The Labute approximate surface area is 118 Å². The normalized spacial score (nSPS) is 20.4. The highest BCUT2D eigenvalue weighted by atomic mass is 16.5. The summed E-state index contributed by atoms with van der Waals surface area (Å²) in [7, 11) is 1.65. The third-order valence-electron chi connectivity index (χ3n) is 3.87. The zero-order valence-electron chi connectivity index (χ0n) is 11.4. The average molecular weight is 267 g/mol. The Morgan fingerprint density at radius 1 is 1.10 bits per heavy atom. The maximum absolute atomic E-state index is 12.4. The molecule has 1 saturated carbocycles. The van der Waals surface area contributed by atoms with E-state index < -0.39 is 0 Å². The fourth-order valence-corrected chi connectivity index (χ4v) is 2.57. The van der Waals surface area contributed by atoms with E-state index in [1.807, 2.05) is 24.3 Å². The first kappa shape index (κ1) is 12.7. The van der Waals surface area contributed by atoms with Crippen LogP contribution in [0.25, 0.3) is 0 Å². The maximum atomic E-state index is 12.4. The number of carbonyl (C=O) groups excluding carboxylic acids is 1. The Balaban J connectivity index is 1.71. The predicted molar refractivity (Wildman–Crippen MR) is 79.0 cm³/mol. The van der Waals surface area contributed by atoms with Crippen molar-refractivity contribution in [2.24, 2.45) is 5.92 Å². The first-order valence-corrected chi connectivity index (χ1v) is 6.73. The summed E-state index contributed by atoms with van der Waals surface area (Å²) in [6, 6.07) is 15.1. The molecule has 3 heteroatoms. The molecule has 0 aromatic heterocycles. The Kier molecular flexibility index (Phi) is 3.18. The molecule has 3 rings (SSSR count). The van der Waals surface area contributed by atoms with Crippen molar-refractivity contribution in [1.29, 1.82) is 0 Å². The van der Waals surface area contributed by atoms with Crippen molar-refractivity contribution >= 4 is 11.5 Å². The van der Waals surface area contributed by atoms with Crippen LogP contribution in [0.2, 0.25) is 0 Å². The number of Topliss-reactive ketones (excluding diaryl/α,β-unsaturated/α-hetero) is 1. The van der Waals surface area contributed by atoms with Crippen LogP contribution in [0.3, 0.4) is 0 Å². The number of hydrogen-bond donors (Lipinski definition) is 1. The van der Waals surface area contributed by atoms with Gasteiger partial charge < -0.3 is 10.5 Å². The number of hydrogen-bond acceptors (Lipinski definition) is 3. The standard InChI is InChI=1S/C17H17NO2/c1-20-14-8-4-11(5-9-14)15-10-16(15)17(19)12-2-6-13(18)7-3-12/h2-9,15-16H,10,18H2,1H3. The van der Waals surface area contributed by atoms with Crippen molar-refractivity contribution in [3.8, 4) is 5.75 Å². The molecular weight excluding hydrogens is 250 g/mol. The van der Waals surface area contributed by atoms with Crippen LogP contribution in [-0.4, -0.2) is 12.9 Å². The van der Waals surface area contributed by atoms with Gasteiger partial charge in [-0.2, -0.15) is 0 Å². The van der Waals surface area contributed by atoms with E-state index in [0.29, 0.717) is 11.6 Å². The van der Waals surface area contributed by atoms with Crippen LogP contribution < -0.4 is 10.5 Å². The molecular formula is C17H17NO2. The average Bonchev–Trinajstić information content (AvgIpc) is 3.28. The van der Waals surface area contributed by atoms with E-state index in [1.165, 1.54) is 5.56 Å². The lowest BCUT2D eigenvalue weighted by atomic mass is 10.0. The van der Waals surface area contributed by atoms with Gasteiger partial charge in [-0.05, 0) is 54.3 Å². The SMILES string of the molecule is COc1ccc(C2CC2C(=O)c2ccc(N)cc2)cc1. The summed E-state index contributed by atoms with van der Waals surface area (Å²) in [4.78, 5) is 12.4. The molecule has 2 aromatic rings. The third kappa shape index (κ3) is 2.39. The molecule has 0 heterocycles. The minimum absolute atomic E-state index is 0.104. The number of methoxy groups -OCH3 is 1. The molecule has 2 atom stereocenters. The summed E-state index contributed by atoms with van der Waals surface area (Å²) in [5.74, 6) is 1.50. The minimum Gasteiger partial charge on any atom is -0.497 e. The van der Waals surface area contributed by atoms with Crippen LogP contribution in [0.1, 0.15) is 28.3 Å². The zero-order chi connectivity index (χ0) is 14.1. The highest BCUT2D eigenvalue weighted by Gasteiger charge is 2.43. The Hall–Kier alpha value is -2.29. The van der Waals surface area contributed by atoms with E-state index in [1.54, 1.807) is 31.4 Å². The van der Waals surface area contributed by atoms with Gasteiger partial charge in [0.25, 0.3) is 0 Å². The van der Waals surface area contributed by atoms with Gasteiger partial charge in [0, 0.05) is 17.2 Å². The van der Waals surface area contributed by atoms with E-state index in [-0.39, 0.29) is 11.7 Å². The zero-order valence-corrected chi connectivity index (χ0v) is 11.4. The van der Waals surface area contributed by atoms with Gasteiger partial charge in [0.15, 0.2) is 5.78 Å². The van der Waals surface area contributed by atoms with Gasteiger partial charge in [-0.1, -0.05) is 12.1 Å². The molecule has 1 fully saturated rings. The molecule has 0 amide bonds. The van der Waals surface area contributed by atoms with E-state index in [2.05, 4.69) is 0 Å². The molecule has 2 aromatic carbocycles. The highest BCUT2D eigenvalue weighted by molar-refractivity contribution is 6.00. The summed E-state index contributed by atoms with van der Waals surface area (Å²) in [6.45, 7) is 0. The second kappa shape index (κ2) is 5.00. The third-order valence-corrected chi connectivity index (χ3v) is 3.87. The monoisotopic (exact) mass is 267 g/mol. The summed E-state index contributed by atoms with van der Waals surface area (Å²) in [6.07, 6.45) is 0.926. The fraction of sp³-hybridized carbons (Fsp3) is 0.235. The summed E-state index contributed by atoms with van der Waals surface area (Å²) in [5.41, 5.74) is 8.28. The summed E-state index contributed by atoms with van der Waals surface area (Å²) >= 11 is 0. The molecule has 2 unspecified atom stereocenters. The summed E-state index contributed by atoms with van der Waals surface area (Å²) < 4.78 is 5.15. The van der Waals surface area contributed by atoms with Crippen LogP contribution in [0.15, 0.2) is 48.5 Å². The molecule has 0 radical (unpaired) electrons. The number of ketones is 1. The van der Waals surface area contributed by atoms with E-state index in [9.17, 15) is 4.79 Å². The predicted octanol–water partition coefficient (Wildman–Crippen LogP) is 3.26. The van der Waals surface area contributed by atoms with E-state index in [4.69, 9.17) is 10.5 Å². The van der Waals surface area contributed by atoms with Crippen molar-refractivity contribution in [3.05, 3.63) is 59.7 Å². The molecule has 0 aliphatic heterocycles. The highest BCUT2D eigenvalue weighted by Crippen LogP contribution is 2.49. The number of ether oxygens (including phenoxy) is 1. The van der Waals surface area contributed by atoms with Crippen LogP contribution in [0, 0.1) is 5.92 Å². The number of rotatable bonds is 4. The van der Waals surface area contributed by atoms with Crippen molar-refractivity contribution in [1.82, 2.24) is 0 Å². The summed E-state index contributed by atoms with van der Waals surface area (Å²) in [5, 5.41) is 0. The van der Waals surface area contributed by atoms with Crippen LogP contribution in [0.5, 0.6) is 5.75 Å². The Bertz CT molecular complexity index is 616. The van der Waals surface area contributed by atoms with Gasteiger partial charge in [-0.25, -0.2) is 0 Å². The number of carbonyl (C=O) groups is 1. The van der Waals surface area contributed by atoms with Crippen molar-refractivity contribution in [3.63, 3.8) is 0 Å². The van der Waals surface area contributed by atoms with Gasteiger partial charge in [0.05, 0.1) is 7.11 Å². The van der Waals surface area contributed by atoms with Gasteiger partial charge >= 0.3 is 0 Å². The smallest absolute Gasteiger partial charge is 0.166 e. The molecule has 102 valence electrons. The second-order valence-corrected chi connectivity index (χ2v) is 5.21. The molecule has 1 aliphatic rings. The lowest BCUT2D eigenvalue weighted by Crippen LogP contribution is -2.03. The fourth-order valence-electron chi connectivity index (χ4n) is 2.57. The van der Waals surface area contributed by atoms with Crippen molar-refractivity contribution in [2.45, 2.75) is 12.3 Å². The van der Waals surface area contributed by atoms with Crippen LogP contribution in [-0.2, 0) is 0 Å². The molecule has 1 aliphatic carbocycles. The first-order valence-electron chi connectivity index (χ1n) is 6.73. The number of benzene rings is 2. The quantitative estimate of drug-likeness (QED) is 0.683. The van der Waals surface area contributed by atoms with Crippen LogP contribution in [0.4, 0.5) is 5.69 Å². The molecule has 0 saturated heterocycles. The Morgan fingerprint density at radius 2 is 1.75 bits per heavy atom. The van der Waals surface area contributed by atoms with Gasteiger partial charge in [0.2, 0.25) is 0 Å². The largest absolute Gasteiger partial charge is 0.497 e. The van der Waals surface area contributed by atoms with Crippen molar-refractivity contribution in [2.75, 3.05) is 12.8 Å². The van der Waals surface area contributed by atoms with E-state index in [0.717, 1.165) is 17.7 Å². The molecule has 20 heavy (non-hydrogen) atoms. The Morgan fingerprint density at radius 3 is 2.35 bits per heavy atom. The van der Waals surface area contributed by atoms with Gasteiger partial charge in [0.1, 0.15) is 5.75 Å².